The van der Waals surface area contributed by atoms with Crippen LogP contribution in [0.5, 0.6) is 0 Å². The highest BCUT2D eigenvalue weighted by Crippen LogP contribution is 2.41. The molecule has 0 aliphatic carbocycles. The number of anilines is 2. The number of ether oxygens (including phenoxy) is 5. The predicted molar refractivity (Wildman–Crippen MR) is 200 cm³/mol. The maximum absolute atomic E-state index is 12.7. The van der Waals surface area contributed by atoms with E-state index >= 15 is 0 Å². The molecule has 11 nitrogen and oxygen atoms in total. The zero-order chi connectivity index (χ0) is 34.8. The number of hydrogen-bond acceptors (Lipinski definition) is 9. The van der Waals surface area contributed by atoms with E-state index in [4.69, 9.17) is 41.0 Å². The van der Waals surface area contributed by atoms with E-state index in [0.717, 1.165) is 34.5 Å². The third kappa shape index (κ3) is 13.1. The van der Waals surface area contributed by atoms with Gasteiger partial charge in [0.25, 0.3) is 5.91 Å². The fourth-order valence-corrected chi connectivity index (χ4v) is 5.75. The molecule has 1 heterocycles. The van der Waals surface area contributed by atoms with Gasteiger partial charge < -0.3 is 45.0 Å². The number of carbonyl (C=O) groups is 2. The molecular formula is C37H50Cl2N4O7. The van der Waals surface area contributed by atoms with E-state index in [9.17, 15) is 9.59 Å². The van der Waals surface area contributed by atoms with Gasteiger partial charge in [0.2, 0.25) is 5.91 Å². The van der Waals surface area contributed by atoms with Gasteiger partial charge in [-0.15, -0.1) is 12.4 Å². The molecule has 50 heavy (non-hydrogen) atoms. The quantitative estimate of drug-likeness (QED) is 0.122. The minimum atomic E-state index is -0.167. The number of nitrogens with two attached hydrogens (primary N) is 1. The lowest BCUT2D eigenvalue weighted by Crippen LogP contribution is -2.43. The number of halogens is 2. The molecule has 3 aromatic rings. The van der Waals surface area contributed by atoms with E-state index in [-0.39, 0.29) is 36.3 Å². The number of fused-ring (bicyclic) bond motifs is 1. The van der Waals surface area contributed by atoms with Crippen LogP contribution < -0.4 is 21.3 Å². The van der Waals surface area contributed by atoms with Gasteiger partial charge in [0.05, 0.1) is 72.1 Å². The van der Waals surface area contributed by atoms with E-state index < -0.39 is 0 Å². The predicted octanol–water partition coefficient (Wildman–Crippen LogP) is 5.50. The number of carbonyl (C=O) groups excluding carboxylic acids is 2. The summed E-state index contributed by atoms with van der Waals surface area (Å²) in [7, 11) is 0. The zero-order valence-corrected chi connectivity index (χ0v) is 30.4. The largest absolute Gasteiger partial charge is 0.378 e. The molecular weight excluding hydrogens is 683 g/mol. The summed E-state index contributed by atoms with van der Waals surface area (Å²) in [6.45, 7) is 9.38. The van der Waals surface area contributed by atoms with Crippen LogP contribution in [0.25, 0.3) is 11.1 Å². The number of hydrogen-bond donors (Lipinski definition) is 3. The number of nitrogens with zero attached hydrogens (tertiary/aromatic N) is 1. The smallest absolute Gasteiger partial charge is 0.251 e. The Balaban J connectivity index is 0.00000676. The maximum Gasteiger partial charge on any atom is 0.251 e. The summed E-state index contributed by atoms with van der Waals surface area (Å²) >= 11 is 6.10. The number of benzene rings is 3. The molecule has 3 aromatic carbocycles. The third-order valence-corrected chi connectivity index (χ3v) is 8.22. The maximum atomic E-state index is 12.7. The normalized spacial score (nSPS) is 15.2. The lowest BCUT2D eigenvalue weighted by Gasteiger charge is -2.39. The van der Waals surface area contributed by atoms with Crippen molar-refractivity contribution in [2.75, 3.05) is 89.4 Å². The Hall–Kier alpha value is -3.26. The Morgan fingerprint density at radius 2 is 1.32 bits per heavy atom. The molecule has 0 aromatic heterocycles. The van der Waals surface area contributed by atoms with Gasteiger partial charge in [-0.3, -0.25) is 9.59 Å². The van der Waals surface area contributed by atoms with Gasteiger partial charge >= 0.3 is 0 Å². The Labute approximate surface area is 306 Å². The Bertz CT molecular complexity index is 1450. The van der Waals surface area contributed by atoms with Gasteiger partial charge in [-0.1, -0.05) is 29.8 Å². The van der Waals surface area contributed by atoms with Crippen molar-refractivity contribution in [3.05, 3.63) is 82.9 Å². The lowest BCUT2D eigenvalue weighted by atomic mass is 9.88. The Morgan fingerprint density at radius 1 is 0.780 bits per heavy atom. The highest BCUT2D eigenvalue weighted by atomic mass is 35.5. The van der Waals surface area contributed by atoms with Crippen molar-refractivity contribution in [1.29, 1.82) is 0 Å². The van der Waals surface area contributed by atoms with Crippen molar-refractivity contribution in [1.82, 2.24) is 5.32 Å². The molecule has 4 N–H and O–H groups in total. The van der Waals surface area contributed by atoms with Gasteiger partial charge in [0, 0.05) is 48.0 Å². The van der Waals surface area contributed by atoms with Gasteiger partial charge in [-0.25, -0.2) is 0 Å². The second-order valence-corrected chi connectivity index (χ2v) is 12.1. The van der Waals surface area contributed by atoms with Crippen LogP contribution in [0.4, 0.5) is 11.4 Å². The standard InChI is InChI=1S/C37H49ClN4O7.ClH/c1-27-25-35(41-33-10-8-32(38)9-11-33)34-26-31(7-12-36(34)42(27)28(2)43)29-3-5-30(6-4-29)37(44)40-14-16-46-18-20-48-22-24-49-23-21-47-19-17-45-15-13-39;/h3-12,26-27,35,41H,13-25,39H2,1-2H3,(H,40,44);1H/t27-,35+;/m0./s1. The van der Waals surface area contributed by atoms with Crippen LogP contribution in [0.2, 0.25) is 5.02 Å². The summed E-state index contributed by atoms with van der Waals surface area (Å²) in [6.07, 6.45) is 0.758. The van der Waals surface area contributed by atoms with E-state index in [1.807, 2.05) is 65.6 Å². The topological polar surface area (TPSA) is 134 Å². The minimum absolute atomic E-state index is 0. The highest BCUT2D eigenvalue weighted by Gasteiger charge is 2.32. The minimum Gasteiger partial charge on any atom is -0.378 e. The first-order valence-corrected chi connectivity index (χ1v) is 17.2. The van der Waals surface area contributed by atoms with Crippen molar-refractivity contribution in [2.45, 2.75) is 32.4 Å². The summed E-state index contributed by atoms with van der Waals surface area (Å²) < 4.78 is 27.1. The van der Waals surface area contributed by atoms with Crippen molar-refractivity contribution in [2.24, 2.45) is 5.73 Å². The number of amides is 2. The molecule has 1 aliphatic heterocycles. The second kappa shape index (κ2) is 22.5. The fraction of sp³-hybridized carbons (Fsp3) is 0.459. The highest BCUT2D eigenvalue weighted by molar-refractivity contribution is 6.30. The van der Waals surface area contributed by atoms with E-state index in [1.54, 1.807) is 6.92 Å². The summed E-state index contributed by atoms with van der Waals surface area (Å²) in [4.78, 5) is 27.2. The molecule has 13 heteroatoms. The van der Waals surface area contributed by atoms with Crippen molar-refractivity contribution < 1.29 is 33.3 Å². The fourth-order valence-electron chi connectivity index (χ4n) is 5.63. The van der Waals surface area contributed by atoms with Crippen LogP contribution in [0.1, 0.15) is 42.2 Å². The first-order chi connectivity index (χ1) is 23.9. The molecule has 1 aliphatic rings. The van der Waals surface area contributed by atoms with Gasteiger partial charge in [0.15, 0.2) is 0 Å². The average molecular weight is 734 g/mol. The first kappa shape index (κ1) is 41.2. The molecule has 0 spiro atoms. The Kier molecular flexibility index (Phi) is 18.6. The Morgan fingerprint density at radius 3 is 1.88 bits per heavy atom. The molecule has 0 saturated heterocycles. The van der Waals surface area contributed by atoms with Crippen LogP contribution in [-0.2, 0) is 28.5 Å². The lowest BCUT2D eigenvalue weighted by molar-refractivity contribution is -0.117. The van der Waals surface area contributed by atoms with Gasteiger partial charge in [-0.2, -0.15) is 0 Å². The monoisotopic (exact) mass is 732 g/mol. The summed E-state index contributed by atoms with van der Waals surface area (Å²) in [6, 6.07) is 21.4. The molecule has 0 saturated carbocycles. The van der Waals surface area contributed by atoms with Crippen LogP contribution in [0.15, 0.2) is 66.7 Å². The van der Waals surface area contributed by atoms with E-state index in [0.29, 0.717) is 89.7 Å². The van der Waals surface area contributed by atoms with E-state index in [1.165, 1.54) is 0 Å². The third-order valence-electron chi connectivity index (χ3n) is 7.97. The average Bonchev–Trinajstić information content (AvgIpc) is 3.10. The van der Waals surface area contributed by atoms with Gasteiger partial charge in [-0.05, 0) is 78.6 Å². The molecule has 2 atom stereocenters. The molecule has 274 valence electrons. The van der Waals surface area contributed by atoms with Crippen LogP contribution in [0, 0.1) is 0 Å². The summed E-state index contributed by atoms with van der Waals surface area (Å²) in [5.74, 6) is -0.152. The molecule has 4 rings (SSSR count). The summed E-state index contributed by atoms with van der Waals surface area (Å²) in [5, 5.41) is 7.21. The van der Waals surface area contributed by atoms with Crippen LogP contribution in [-0.4, -0.2) is 97.0 Å². The van der Waals surface area contributed by atoms with Crippen molar-refractivity contribution >= 4 is 47.2 Å². The second-order valence-electron chi connectivity index (χ2n) is 11.6. The van der Waals surface area contributed by atoms with E-state index in [2.05, 4.69) is 23.6 Å². The number of rotatable bonds is 21. The number of nitrogens with one attached hydrogen (secondary N) is 2. The summed E-state index contributed by atoms with van der Waals surface area (Å²) in [5.41, 5.74) is 10.8. The zero-order valence-electron chi connectivity index (χ0n) is 28.9. The van der Waals surface area contributed by atoms with Crippen LogP contribution >= 0.6 is 24.0 Å². The molecule has 0 fully saturated rings. The molecule has 2 amide bonds. The van der Waals surface area contributed by atoms with Crippen LogP contribution in [0.3, 0.4) is 0 Å². The molecule has 0 radical (unpaired) electrons. The molecule has 0 bridgehead atoms. The van der Waals surface area contributed by atoms with Gasteiger partial charge in [0.1, 0.15) is 0 Å². The first-order valence-electron chi connectivity index (χ1n) is 16.8. The SMILES string of the molecule is CC(=O)N1c2ccc(-c3ccc(C(=O)NCCOCCOCCOCCOCCOCCN)cc3)cc2[C@H](Nc2ccc(Cl)cc2)C[C@@H]1C.Cl. The van der Waals surface area contributed by atoms with Crippen molar-refractivity contribution in [3.63, 3.8) is 0 Å². The van der Waals surface area contributed by atoms with Crippen molar-refractivity contribution in [3.8, 4) is 11.1 Å². The molecule has 0 unspecified atom stereocenters.